The lowest BCUT2D eigenvalue weighted by molar-refractivity contribution is -0.137. The van der Waals surface area contributed by atoms with Crippen LogP contribution in [0.3, 0.4) is 0 Å². The first-order valence-corrected chi connectivity index (χ1v) is 11.8. The highest BCUT2D eigenvalue weighted by atomic mass is 32.2. The van der Waals surface area contributed by atoms with Crippen molar-refractivity contribution in [3.8, 4) is 0 Å². The smallest absolute Gasteiger partial charge is 0.303 e. The Kier molecular flexibility index (Phi) is 7.49. The highest BCUT2D eigenvalue weighted by molar-refractivity contribution is 8.01. The van der Waals surface area contributed by atoms with E-state index in [4.69, 9.17) is 5.11 Å². The normalized spacial score (nSPS) is 33.9. The molecule has 2 N–H and O–H groups in total. The molecule has 0 aromatic heterocycles. The third-order valence-corrected chi connectivity index (χ3v) is 8.88. The molecular weight excluding hydrogens is 356 g/mol. The number of carboxylic acid groups (broad SMARTS) is 1. The number of hydrogen-bond acceptors (Lipinski definition) is 3. The molecule has 2 heterocycles. The number of carbonyl (C=O) groups is 1. The fraction of sp³-hybridized carbons (Fsp3) is 0.783. The average molecular weight is 393 g/mol. The minimum absolute atomic E-state index is 0.0685. The lowest BCUT2D eigenvalue weighted by atomic mass is 9.71. The van der Waals surface area contributed by atoms with E-state index in [1.807, 2.05) is 0 Å². The maximum Gasteiger partial charge on any atom is 0.303 e. The molecule has 4 heteroatoms. The molecule has 3 rings (SSSR count). The second-order valence-corrected chi connectivity index (χ2v) is 10.6. The van der Waals surface area contributed by atoms with Gasteiger partial charge in [0.15, 0.2) is 0 Å². The lowest BCUT2D eigenvalue weighted by Crippen LogP contribution is -2.33. The quantitative estimate of drug-likeness (QED) is 0.397. The molecule has 0 radical (unpaired) electrons. The van der Waals surface area contributed by atoms with Crippen LogP contribution in [0.25, 0.3) is 0 Å². The zero-order chi connectivity index (χ0) is 19.3. The number of fused-ring (bicyclic) bond motifs is 2. The summed E-state index contributed by atoms with van der Waals surface area (Å²) in [4.78, 5) is 10.6. The number of aliphatic hydroxyl groups excluding tert-OH is 1. The number of rotatable bonds is 9. The Morgan fingerprint density at radius 1 is 1.19 bits per heavy atom. The van der Waals surface area contributed by atoms with Crippen molar-refractivity contribution < 1.29 is 15.0 Å². The van der Waals surface area contributed by atoms with E-state index in [0.29, 0.717) is 11.8 Å². The molecular formula is C23H36O3S. The van der Waals surface area contributed by atoms with Crippen molar-refractivity contribution in [1.82, 2.24) is 0 Å². The molecule has 3 nitrogen and oxygen atoms in total. The monoisotopic (exact) mass is 392 g/mol. The Hall–Kier alpha value is -0.740. The predicted molar refractivity (Wildman–Crippen MR) is 113 cm³/mol. The van der Waals surface area contributed by atoms with Gasteiger partial charge in [0.1, 0.15) is 0 Å². The topological polar surface area (TPSA) is 57.5 Å². The molecule has 1 unspecified atom stereocenters. The average Bonchev–Trinajstić information content (AvgIpc) is 3.24. The summed E-state index contributed by atoms with van der Waals surface area (Å²) in [5.41, 5.74) is 0.0685. The fourth-order valence-electron chi connectivity index (χ4n) is 5.25. The Bertz CT molecular complexity index is 550. The molecule has 3 aliphatic rings. The minimum atomic E-state index is -0.705. The van der Waals surface area contributed by atoms with Gasteiger partial charge in [0, 0.05) is 16.9 Å². The van der Waals surface area contributed by atoms with Crippen LogP contribution in [0, 0.1) is 17.3 Å². The van der Waals surface area contributed by atoms with Gasteiger partial charge < -0.3 is 10.2 Å². The van der Waals surface area contributed by atoms with Crippen LogP contribution in [-0.2, 0) is 4.79 Å². The highest BCUT2D eigenvalue weighted by Gasteiger charge is 2.46. The summed E-state index contributed by atoms with van der Waals surface area (Å²) in [6, 6.07) is 0. The van der Waals surface area contributed by atoms with Crippen molar-refractivity contribution in [2.75, 3.05) is 0 Å². The number of carboxylic acids is 1. The molecule has 1 saturated carbocycles. The van der Waals surface area contributed by atoms with Gasteiger partial charge in [0.25, 0.3) is 0 Å². The molecule has 27 heavy (non-hydrogen) atoms. The lowest BCUT2D eigenvalue weighted by Gasteiger charge is -2.37. The van der Waals surface area contributed by atoms with Gasteiger partial charge in [-0.1, -0.05) is 50.5 Å². The van der Waals surface area contributed by atoms with E-state index in [0.717, 1.165) is 42.6 Å². The second-order valence-electron chi connectivity index (χ2n) is 9.07. The van der Waals surface area contributed by atoms with Gasteiger partial charge in [-0.05, 0) is 62.2 Å². The number of allylic oxidation sites excluding steroid dienone is 3. The third-order valence-electron chi connectivity index (χ3n) is 7.05. The second kappa shape index (κ2) is 9.65. The van der Waals surface area contributed by atoms with Crippen LogP contribution in [0.1, 0.15) is 77.6 Å². The minimum Gasteiger partial charge on any atom is -0.481 e. The van der Waals surface area contributed by atoms with Crippen LogP contribution in [0.4, 0.5) is 0 Å². The maximum atomic E-state index is 10.8. The summed E-state index contributed by atoms with van der Waals surface area (Å²) in [6.45, 7) is 2.26. The zero-order valence-corrected chi connectivity index (χ0v) is 17.5. The molecule has 2 aliphatic heterocycles. The van der Waals surface area contributed by atoms with Crippen molar-refractivity contribution in [1.29, 1.82) is 0 Å². The van der Waals surface area contributed by atoms with E-state index in [2.05, 4.69) is 43.0 Å². The molecule has 0 aromatic rings. The molecule has 5 atom stereocenters. The zero-order valence-electron chi connectivity index (χ0n) is 16.7. The summed E-state index contributed by atoms with van der Waals surface area (Å²) in [5.74, 6) is 0.551. The standard InChI is InChI=1S/C23H36O3S/c1-23(15-7-4-8-16-23)21(24)14-11-18-17(19-12-13-20(18)27-19)9-5-2-3-6-10-22(25)26/h2,5,11,14,17-21,24H,3-4,6-10,12-13,15-16H2,1H3,(H,25,26)/t17-,18+,19-,20+,21?/m1/s1. The Balaban J connectivity index is 1.53. The summed E-state index contributed by atoms with van der Waals surface area (Å²) in [6.07, 6.45) is 20.3. The predicted octanol–water partition coefficient (Wildman–Crippen LogP) is 5.59. The van der Waals surface area contributed by atoms with Gasteiger partial charge in [0.2, 0.25) is 0 Å². The first-order chi connectivity index (χ1) is 13.0. The SMILES string of the molecule is CC1(C(O)C=C[C@H]2[C@@H](CC=CCCCC(=O)O)[C@H]3CC[C@@H]2S3)CCCCC1. The Labute approximate surface area is 168 Å². The Morgan fingerprint density at radius 2 is 1.93 bits per heavy atom. The van der Waals surface area contributed by atoms with Gasteiger partial charge in [0.05, 0.1) is 6.10 Å². The van der Waals surface area contributed by atoms with Gasteiger partial charge in [-0.15, -0.1) is 0 Å². The number of aliphatic hydroxyl groups is 1. The first-order valence-electron chi connectivity index (χ1n) is 10.9. The number of hydrogen-bond donors (Lipinski definition) is 2. The highest BCUT2D eigenvalue weighted by Crippen LogP contribution is 2.55. The number of unbranched alkanes of at least 4 members (excludes halogenated alkanes) is 1. The van der Waals surface area contributed by atoms with Gasteiger partial charge in [-0.3, -0.25) is 4.79 Å². The van der Waals surface area contributed by atoms with Crippen LogP contribution in [-0.4, -0.2) is 32.8 Å². The largest absolute Gasteiger partial charge is 0.481 e. The van der Waals surface area contributed by atoms with Crippen LogP contribution < -0.4 is 0 Å². The van der Waals surface area contributed by atoms with Gasteiger partial charge in [-0.25, -0.2) is 0 Å². The van der Waals surface area contributed by atoms with E-state index in [-0.39, 0.29) is 17.9 Å². The maximum absolute atomic E-state index is 10.8. The van der Waals surface area contributed by atoms with Crippen LogP contribution >= 0.6 is 11.8 Å². The molecule has 0 amide bonds. The fourth-order valence-corrected chi connectivity index (χ4v) is 7.21. The van der Waals surface area contributed by atoms with E-state index in [1.54, 1.807) is 0 Å². The van der Waals surface area contributed by atoms with Crippen molar-refractivity contribution in [2.24, 2.45) is 17.3 Å². The molecule has 0 aromatic carbocycles. The molecule has 2 bridgehead atoms. The van der Waals surface area contributed by atoms with Crippen molar-refractivity contribution >= 4 is 17.7 Å². The third kappa shape index (κ3) is 5.41. The van der Waals surface area contributed by atoms with E-state index >= 15 is 0 Å². The van der Waals surface area contributed by atoms with Gasteiger partial charge >= 0.3 is 5.97 Å². The molecule has 2 saturated heterocycles. The summed E-state index contributed by atoms with van der Waals surface area (Å²) >= 11 is 2.16. The molecule has 1 aliphatic carbocycles. The first kappa shape index (κ1) is 21.0. The molecule has 152 valence electrons. The van der Waals surface area contributed by atoms with Crippen LogP contribution in [0.5, 0.6) is 0 Å². The molecule has 0 spiro atoms. The van der Waals surface area contributed by atoms with Crippen LogP contribution in [0.15, 0.2) is 24.3 Å². The van der Waals surface area contributed by atoms with Crippen molar-refractivity contribution in [3.05, 3.63) is 24.3 Å². The molecule has 3 fully saturated rings. The van der Waals surface area contributed by atoms with Gasteiger partial charge in [-0.2, -0.15) is 11.8 Å². The van der Waals surface area contributed by atoms with Crippen molar-refractivity contribution in [3.63, 3.8) is 0 Å². The van der Waals surface area contributed by atoms with E-state index in [1.165, 1.54) is 32.1 Å². The Morgan fingerprint density at radius 3 is 2.67 bits per heavy atom. The summed E-state index contributed by atoms with van der Waals surface area (Å²) < 4.78 is 0. The van der Waals surface area contributed by atoms with E-state index in [9.17, 15) is 9.90 Å². The summed E-state index contributed by atoms with van der Waals surface area (Å²) in [7, 11) is 0. The summed E-state index contributed by atoms with van der Waals surface area (Å²) in [5, 5.41) is 21.0. The van der Waals surface area contributed by atoms with Crippen molar-refractivity contribution in [2.45, 2.75) is 94.2 Å². The van der Waals surface area contributed by atoms with Crippen LogP contribution in [0.2, 0.25) is 0 Å². The van der Waals surface area contributed by atoms with E-state index < -0.39 is 5.97 Å². The number of aliphatic carboxylic acids is 1. The number of thioether (sulfide) groups is 1.